The van der Waals surface area contributed by atoms with Crippen LogP contribution in [-0.2, 0) is 4.79 Å². The third-order valence-electron chi connectivity index (χ3n) is 1.91. The number of rotatable bonds is 1. The molecular formula is C8H11NO. The van der Waals surface area contributed by atoms with Crippen molar-refractivity contribution in [3.63, 3.8) is 0 Å². The molecule has 1 rings (SSSR count). The Bertz CT molecular complexity index is 151. The van der Waals surface area contributed by atoms with Crippen LogP contribution in [0.25, 0.3) is 0 Å². The predicted octanol–water partition coefficient (Wildman–Crippen LogP) is 0.488. The summed E-state index contributed by atoms with van der Waals surface area (Å²) < 4.78 is 0. The molecule has 0 atom stereocenters. The maximum Gasteiger partial charge on any atom is 0.209 e. The van der Waals surface area contributed by atoms with Gasteiger partial charge in [0.1, 0.15) is 0 Å². The lowest BCUT2D eigenvalue weighted by Crippen LogP contribution is -2.31. The summed E-state index contributed by atoms with van der Waals surface area (Å²) in [5.41, 5.74) is 0. The molecule has 0 radical (unpaired) electrons. The van der Waals surface area contributed by atoms with E-state index in [9.17, 15) is 4.79 Å². The minimum Gasteiger partial charge on any atom is -0.345 e. The molecule has 0 aromatic heterocycles. The average molecular weight is 137 g/mol. The zero-order valence-corrected chi connectivity index (χ0v) is 5.92. The molecule has 0 unspecified atom stereocenters. The number of hydrogen-bond donors (Lipinski definition) is 0. The van der Waals surface area contributed by atoms with Crippen LogP contribution >= 0.6 is 0 Å². The Labute approximate surface area is 61.2 Å². The molecule has 0 aliphatic carbocycles. The summed E-state index contributed by atoms with van der Waals surface area (Å²) in [7, 11) is 0. The van der Waals surface area contributed by atoms with Gasteiger partial charge in [0.05, 0.1) is 0 Å². The normalized spacial score (nSPS) is 20.1. The van der Waals surface area contributed by atoms with Crippen molar-refractivity contribution in [3.8, 4) is 12.3 Å². The van der Waals surface area contributed by atoms with Gasteiger partial charge in [-0.05, 0) is 12.8 Å². The monoisotopic (exact) mass is 137 g/mol. The molecule has 1 heterocycles. The van der Waals surface area contributed by atoms with E-state index in [0.29, 0.717) is 5.92 Å². The summed E-state index contributed by atoms with van der Waals surface area (Å²) in [5, 5.41) is 0. The number of carbonyl (C=O) groups is 1. The van der Waals surface area contributed by atoms with E-state index in [1.54, 1.807) is 4.90 Å². The van der Waals surface area contributed by atoms with E-state index in [2.05, 4.69) is 5.92 Å². The molecule has 2 nitrogen and oxygen atoms in total. The second-order valence-corrected chi connectivity index (χ2v) is 2.58. The van der Waals surface area contributed by atoms with Gasteiger partial charge in [-0.2, -0.15) is 0 Å². The first kappa shape index (κ1) is 7.14. The van der Waals surface area contributed by atoms with E-state index in [1.165, 1.54) is 0 Å². The molecule has 1 amide bonds. The van der Waals surface area contributed by atoms with Gasteiger partial charge in [0.15, 0.2) is 0 Å². The Morgan fingerprint density at radius 2 is 2.10 bits per heavy atom. The maximum absolute atomic E-state index is 10.2. The van der Waals surface area contributed by atoms with Crippen molar-refractivity contribution in [2.45, 2.75) is 12.8 Å². The Hall–Kier alpha value is -0.970. The van der Waals surface area contributed by atoms with Crippen LogP contribution in [0.2, 0.25) is 0 Å². The van der Waals surface area contributed by atoms with E-state index >= 15 is 0 Å². The van der Waals surface area contributed by atoms with Crippen molar-refractivity contribution in [3.05, 3.63) is 0 Å². The molecule has 2 heteroatoms. The number of nitrogens with zero attached hydrogens (tertiary/aromatic N) is 1. The van der Waals surface area contributed by atoms with Crippen LogP contribution in [0.15, 0.2) is 0 Å². The maximum atomic E-state index is 10.2. The summed E-state index contributed by atoms with van der Waals surface area (Å²) in [6.45, 7) is 1.66. The Morgan fingerprint density at radius 1 is 1.50 bits per heavy atom. The molecule has 0 N–H and O–H groups in total. The molecule has 54 valence electrons. The van der Waals surface area contributed by atoms with Gasteiger partial charge < -0.3 is 4.90 Å². The Balaban J connectivity index is 2.32. The fourth-order valence-electron chi connectivity index (χ4n) is 1.17. The highest BCUT2D eigenvalue weighted by molar-refractivity contribution is 5.47. The Kier molecular flexibility index (Phi) is 2.33. The first-order chi connectivity index (χ1) is 4.86. The third kappa shape index (κ3) is 1.51. The number of amides is 1. The van der Waals surface area contributed by atoms with E-state index < -0.39 is 0 Å². The molecule has 10 heavy (non-hydrogen) atoms. The molecule has 0 bridgehead atoms. The van der Waals surface area contributed by atoms with Gasteiger partial charge in [-0.3, -0.25) is 4.79 Å². The molecule has 1 saturated heterocycles. The number of hydrogen-bond acceptors (Lipinski definition) is 1. The van der Waals surface area contributed by atoms with Crippen molar-refractivity contribution in [2.75, 3.05) is 13.1 Å². The average Bonchev–Trinajstić information content (AvgIpc) is 2.05. The van der Waals surface area contributed by atoms with E-state index in [0.717, 1.165) is 32.3 Å². The SMILES string of the molecule is C#CC1CCN(C=O)CC1. The minimum absolute atomic E-state index is 0.399. The first-order valence-electron chi connectivity index (χ1n) is 3.52. The van der Waals surface area contributed by atoms with Gasteiger partial charge in [-0.25, -0.2) is 0 Å². The number of likely N-dealkylation sites (tertiary alicyclic amines) is 1. The molecule has 0 spiro atoms. The van der Waals surface area contributed by atoms with Crippen LogP contribution in [0.1, 0.15) is 12.8 Å². The van der Waals surface area contributed by atoms with Gasteiger partial charge in [-0.1, -0.05) is 0 Å². The number of piperidine rings is 1. The highest BCUT2D eigenvalue weighted by Gasteiger charge is 2.14. The third-order valence-corrected chi connectivity index (χ3v) is 1.91. The van der Waals surface area contributed by atoms with E-state index in [4.69, 9.17) is 6.42 Å². The zero-order valence-electron chi connectivity index (χ0n) is 5.92. The fourth-order valence-corrected chi connectivity index (χ4v) is 1.17. The molecule has 0 saturated carbocycles. The molecule has 1 aliphatic heterocycles. The van der Waals surface area contributed by atoms with Crippen molar-refractivity contribution < 1.29 is 4.79 Å². The topological polar surface area (TPSA) is 20.3 Å². The first-order valence-corrected chi connectivity index (χ1v) is 3.52. The predicted molar refractivity (Wildman–Crippen MR) is 39.2 cm³/mol. The van der Waals surface area contributed by atoms with Crippen LogP contribution in [0.5, 0.6) is 0 Å². The van der Waals surface area contributed by atoms with Gasteiger partial charge in [-0.15, -0.1) is 12.3 Å². The van der Waals surface area contributed by atoms with Crippen LogP contribution < -0.4 is 0 Å². The molecular weight excluding hydrogens is 126 g/mol. The van der Waals surface area contributed by atoms with Gasteiger partial charge in [0, 0.05) is 19.0 Å². The quantitative estimate of drug-likeness (QED) is 0.380. The highest BCUT2D eigenvalue weighted by Crippen LogP contribution is 2.13. The summed E-state index contributed by atoms with van der Waals surface area (Å²) >= 11 is 0. The minimum atomic E-state index is 0.399. The summed E-state index contributed by atoms with van der Waals surface area (Å²) in [6.07, 6.45) is 8.06. The highest BCUT2D eigenvalue weighted by atomic mass is 16.1. The lowest BCUT2D eigenvalue weighted by Gasteiger charge is -2.25. The van der Waals surface area contributed by atoms with Gasteiger partial charge >= 0.3 is 0 Å². The van der Waals surface area contributed by atoms with Crippen LogP contribution in [-0.4, -0.2) is 24.4 Å². The van der Waals surface area contributed by atoms with Crippen molar-refractivity contribution in [2.24, 2.45) is 5.92 Å². The van der Waals surface area contributed by atoms with Crippen molar-refractivity contribution in [1.29, 1.82) is 0 Å². The smallest absolute Gasteiger partial charge is 0.209 e. The van der Waals surface area contributed by atoms with Crippen molar-refractivity contribution in [1.82, 2.24) is 4.90 Å². The van der Waals surface area contributed by atoms with Crippen LogP contribution in [0.4, 0.5) is 0 Å². The van der Waals surface area contributed by atoms with E-state index in [-0.39, 0.29) is 0 Å². The second kappa shape index (κ2) is 3.26. The van der Waals surface area contributed by atoms with Crippen molar-refractivity contribution >= 4 is 6.41 Å². The largest absolute Gasteiger partial charge is 0.345 e. The molecule has 1 fully saturated rings. The van der Waals surface area contributed by atoms with Crippen LogP contribution in [0, 0.1) is 18.3 Å². The van der Waals surface area contributed by atoms with E-state index in [1.807, 2.05) is 0 Å². The van der Waals surface area contributed by atoms with Crippen LogP contribution in [0.3, 0.4) is 0 Å². The standard InChI is InChI=1S/C8H11NO/c1-2-8-3-5-9(7-10)6-4-8/h1,7-8H,3-6H2. The number of carbonyl (C=O) groups excluding carboxylic acids is 1. The summed E-state index contributed by atoms with van der Waals surface area (Å²) in [5.74, 6) is 3.11. The lowest BCUT2D eigenvalue weighted by molar-refractivity contribution is -0.119. The zero-order chi connectivity index (χ0) is 7.40. The fraction of sp³-hybridized carbons (Fsp3) is 0.625. The van der Waals surface area contributed by atoms with Gasteiger partial charge in [0.2, 0.25) is 6.41 Å². The van der Waals surface area contributed by atoms with Gasteiger partial charge in [0.25, 0.3) is 0 Å². The summed E-state index contributed by atoms with van der Waals surface area (Å²) in [6, 6.07) is 0. The second-order valence-electron chi connectivity index (χ2n) is 2.58. The lowest BCUT2D eigenvalue weighted by atomic mass is 9.98. The Morgan fingerprint density at radius 3 is 2.50 bits per heavy atom. The summed E-state index contributed by atoms with van der Waals surface area (Å²) in [4.78, 5) is 12.0. The molecule has 1 aliphatic rings. The molecule has 0 aromatic rings. The molecule has 0 aromatic carbocycles. The number of terminal acetylenes is 1.